The Kier molecular flexibility index (Phi) is 9.98. The van der Waals surface area contributed by atoms with Crippen LogP contribution in [0.1, 0.15) is 69.4 Å². The summed E-state index contributed by atoms with van der Waals surface area (Å²) in [5.41, 5.74) is 1.12. The predicted molar refractivity (Wildman–Crippen MR) is 96.4 cm³/mol. The van der Waals surface area contributed by atoms with Crippen LogP contribution in [0.5, 0.6) is 0 Å². The first kappa shape index (κ1) is 21.8. The van der Waals surface area contributed by atoms with Crippen LogP contribution in [0.15, 0.2) is 24.3 Å². The van der Waals surface area contributed by atoms with Gasteiger partial charge >= 0.3 is 13.6 Å². The fraction of sp³-hybridized carbons (Fsp3) is 0.611. The standard InChI is InChI=1S/C18H29O6P/c1-3-4-5-6-7-8-12-23-24-25(21,22)14-16-10-9-11-17(13-16)15(2)18(19)20/h9-11,13,15H,3-8,12,14H2,1-2H3,(H,19,20)(H,21,22). The SMILES string of the molecule is CCCCCCCCOOP(=O)(O)Cc1cccc(C(C)C(=O)O)c1. The number of carboxylic acid groups (broad SMARTS) is 1. The minimum absolute atomic E-state index is 0.219. The molecule has 0 radical (unpaired) electrons. The monoisotopic (exact) mass is 372 g/mol. The van der Waals surface area contributed by atoms with Gasteiger partial charge in [-0.2, -0.15) is 0 Å². The number of aliphatic carboxylic acids is 1. The molecule has 0 spiro atoms. The molecule has 142 valence electrons. The van der Waals surface area contributed by atoms with Crippen molar-refractivity contribution in [2.24, 2.45) is 0 Å². The van der Waals surface area contributed by atoms with Crippen LogP contribution < -0.4 is 0 Å². The number of hydrogen-bond acceptors (Lipinski definition) is 4. The van der Waals surface area contributed by atoms with E-state index in [4.69, 9.17) is 14.7 Å². The molecule has 0 saturated carbocycles. The van der Waals surface area contributed by atoms with Crippen molar-refractivity contribution in [1.29, 1.82) is 0 Å². The maximum Gasteiger partial charge on any atom is 0.359 e. The molecule has 0 aliphatic rings. The van der Waals surface area contributed by atoms with Crippen LogP contribution in [0, 0.1) is 0 Å². The van der Waals surface area contributed by atoms with Crippen molar-refractivity contribution in [2.45, 2.75) is 64.5 Å². The summed E-state index contributed by atoms with van der Waals surface area (Å²) in [7, 11) is -3.92. The van der Waals surface area contributed by atoms with Crippen LogP contribution in [-0.2, 0) is 25.1 Å². The molecule has 0 aliphatic heterocycles. The predicted octanol–water partition coefficient (Wildman–Crippen LogP) is 4.87. The first-order valence-electron chi connectivity index (χ1n) is 8.80. The van der Waals surface area contributed by atoms with Gasteiger partial charge in [0, 0.05) is 0 Å². The second-order valence-corrected chi connectivity index (χ2v) is 8.01. The molecule has 1 rings (SSSR count). The van der Waals surface area contributed by atoms with E-state index < -0.39 is 19.5 Å². The van der Waals surface area contributed by atoms with Crippen LogP contribution in [0.25, 0.3) is 0 Å². The van der Waals surface area contributed by atoms with Crippen molar-refractivity contribution in [3.05, 3.63) is 35.4 Å². The van der Waals surface area contributed by atoms with Gasteiger partial charge in [-0.3, -0.25) is 9.36 Å². The van der Waals surface area contributed by atoms with Gasteiger partial charge in [0.2, 0.25) is 0 Å². The summed E-state index contributed by atoms with van der Waals surface area (Å²) in [6.45, 7) is 4.01. The zero-order valence-electron chi connectivity index (χ0n) is 15.0. The summed E-state index contributed by atoms with van der Waals surface area (Å²) >= 11 is 0. The summed E-state index contributed by atoms with van der Waals surface area (Å²) in [5.74, 6) is -1.62. The molecule has 0 aromatic heterocycles. The van der Waals surface area contributed by atoms with Crippen LogP contribution in [-0.4, -0.2) is 22.6 Å². The van der Waals surface area contributed by atoms with E-state index in [-0.39, 0.29) is 12.8 Å². The Bertz CT molecular complexity index is 574. The minimum Gasteiger partial charge on any atom is -0.481 e. The molecule has 0 fully saturated rings. The lowest BCUT2D eigenvalue weighted by Crippen LogP contribution is -2.07. The second-order valence-electron chi connectivity index (χ2n) is 6.26. The van der Waals surface area contributed by atoms with E-state index in [1.54, 1.807) is 31.2 Å². The van der Waals surface area contributed by atoms with E-state index in [0.717, 1.165) is 19.3 Å². The third-order valence-electron chi connectivity index (χ3n) is 3.95. The number of unbranched alkanes of at least 4 members (excludes halogenated alkanes) is 5. The molecule has 7 heteroatoms. The summed E-state index contributed by atoms with van der Waals surface area (Å²) in [6.07, 6.45) is 6.32. The lowest BCUT2D eigenvalue weighted by Gasteiger charge is -2.13. The fourth-order valence-corrected chi connectivity index (χ4v) is 3.37. The second kappa shape index (κ2) is 11.4. The fourth-order valence-electron chi connectivity index (χ4n) is 2.42. The zero-order chi connectivity index (χ0) is 18.7. The van der Waals surface area contributed by atoms with Gasteiger partial charge in [0.25, 0.3) is 0 Å². The Balaban J connectivity index is 2.38. The van der Waals surface area contributed by atoms with Gasteiger partial charge in [0.1, 0.15) is 0 Å². The minimum atomic E-state index is -3.92. The highest BCUT2D eigenvalue weighted by molar-refractivity contribution is 7.51. The smallest absolute Gasteiger partial charge is 0.359 e. The van der Waals surface area contributed by atoms with Gasteiger partial charge in [-0.25, -0.2) is 4.89 Å². The molecule has 2 unspecified atom stereocenters. The molecule has 2 N–H and O–H groups in total. The average Bonchev–Trinajstić information content (AvgIpc) is 2.56. The maximum absolute atomic E-state index is 12.1. The van der Waals surface area contributed by atoms with Crippen molar-refractivity contribution >= 4 is 13.6 Å². The summed E-state index contributed by atoms with van der Waals surface area (Å²) < 4.78 is 16.8. The summed E-state index contributed by atoms with van der Waals surface area (Å²) in [6, 6.07) is 6.62. The molecule has 0 heterocycles. The third-order valence-corrected chi connectivity index (χ3v) is 5.06. The van der Waals surface area contributed by atoms with E-state index in [1.165, 1.54) is 19.3 Å². The lowest BCUT2D eigenvalue weighted by atomic mass is 10.00. The number of hydrogen-bond donors (Lipinski definition) is 2. The van der Waals surface area contributed by atoms with Crippen molar-refractivity contribution in [2.75, 3.05) is 6.61 Å². The Morgan fingerprint density at radius 3 is 2.56 bits per heavy atom. The summed E-state index contributed by atoms with van der Waals surface area (Å²) in [4.78, 5) is 25.8. The van der Waals surface area contributed by atoms with Gasteiger partial charge in [-0.1, -0.05) is 63.3 Å². The molecule has 6 nitrogen and oxygen atoms in total. The van der Waals surface area contributed by atoms with Gasteiger partial charge in [-0.15, -0.1) is 4.67 Å². The molecule has 2 atom stereocenters. The molecule has 0 saturated heterocycles. The molecule has 0 bridgehead atoms. The Morgan fingerprint density at radius 2 is 1.88 bits per heavy atom. The normalized spacial score (nSPS) is 14.8. The number of rotatable bonds is 13. The average molecular weight is 372 g/mol. The molecule has 25 heavy (non-hydrogen) atoms. The van der Waals surface area contributed by atoms with Crippen molar-refractivity contribution in [3.63, 3.8) is 0 Å². The van der Waals surface area contributed by atoms with Crippen molar-refractivity contribution in [1.82, 2.24) is 0 Å². The number of carboxylic acids is 1. The van der Waals surface area contributed by atoms with Crippen molar-refractivity contribution in [3.8, 4) is 0 Å². The largest absolute Gasteiger partial charge is 0.481 e. The van der Waals surface area contributed by atoms with E-state index in [0.29, 0.717) is 11.1 Å². The van der Waals surface area contributed by atoms with Crippen LogP contribution in [0.4, 0.5) is 0 Å². The Hall–Kier alpha value is -1.20. The highest BCUT2D eigenvalue weighted by atomic mass is 31.2. The van der Waals surface area contributed by atoms with Gasteiger partial charge in [-0.05, 0) is 24.5 Å². The van der Waals surface area contributed by atoms with E-state index >= 15 is 0 Å². The van der Waals surface area contributed by atoms with Gasteiger partial charge < -0.3 is 10.00 Å². The van der Waals surface area contributed by atoms with E-state index in [2.05, 4.69) is 6.92 Å². The van der Waals surface area contributed by atoms with Crippen molar-refractivity contribution < 1.29 is 28.9 Å². The quantitative estimate of drug-likeness (QED) is 0.222. The van der Waals surface area contributed by atoms with Crippen LogP contribution in [0.2, 0.25) is 0 Å². The Morgan fingerprint density at radius 1 is 1.20 bits per heavy atom. The lowest BCUT2D eigenvalue weighted by molar-refractivity contribution is -0.213. The first-order chi connectivity index (χ1) is 11.9. The molecular weight excluding hydrogens is 343 g/mol. The van der Waals surface area contributed by atoms with E-state index in [9.17, 15) is 14.3 Å². The third kappa shape index (κ3) is 9.17. The molecule has 0 amide bonds. The zero-order valence-corrected chi connectivity index (χ0v) is 15.9. The maximum atomic E-state index is 12.1. The molecular formula is C18H29O6P. The number of benzene rings is 1. The van der Waals surface area contributed by atoms with Gasteiger partial charge in [0.15, 0.2) is 0 Å². The van der Waals surface area contributed by atoms with Crippen LogP contribution in [0.3, 0.4) is 0 Å². The summed E-state index contributed by atoms with van der Waals surface area (Å²) in [5, 5.41) is 9.04. The highest BCUT2D eigenvalue weighted by Crippen LogP contribution is 2.46. The molecule has 1 aromatic rings. The van der Waals surface area contributed by atoms with Crippen LogP contribution >= 0.6 is 7.60 Å². The first-order valence-corrected chi connectivity index (χ1v) is 10.6. The van der Waals surface area contributed by atoms with Gasteiger partial charge in [0.05, 0.1) is 18.7 Å². The highest BCUT2D eigenvalue weighted by Gasteiger charge is 2.23. The molecule has 1 aromatic carbocycles. The van der Waals surface area contributed by atoms with E-state index in [1.807, 2.05) is 0 Å². The Labute approximate surface area is 149 Å². The molecule has 0 aliphatic carbocycles. The number of carbonyl (C=O) groups is 1. The topological polar surface area (TPSA) is 93.1 Å².